The van der Waals surface area contributed by atoms with Crippen LogP contribution in [0.2, 0.25) is 0 Å². The van der Waals surface area contributed by atoms with E-state index in [0.29, 0.717) is 12.1 Å². The summed E-state index contributed by atoms with van der Waals surface area (Å²) in [6.07, 6.45) is 2.27. The summed E-state index contributed by atoms with van der Waals surface area (Å²) in [5, 5.41) is 10.7. The third kappa shape index (κ3) is 7.13. The summed E-state index contributed by atoms with van der Waals surface area (Å²) in [6, 6.07) is 14.0. The minimum absolute atomic E-state index is 0. The van der Waals surface area contributed by atoms with Crippen LogP contribution in [0.25, 0.3) is 0 Å². The lowest BCUT2D eigenvalue weighted by Crippen LogP contribution is -2.48. The van der Waals surface area contributed by atoms with Gasteiger partial charge in [-0.25, -0.2) is 0 Å². The number of benzene rings is 1. The lowest BCUT2D eigenvalue weighted by Gasteiger charge is -2.33. The first-order valence-electron chi connectivity index (χ1n) is 10.6. The fraction of sp³-hybridized carbons (Fsp3) is 0.522. The molecular formula is C23H36IN5S. The number of hydrogen-bond acceptors (Lipinski definition) is 4. The number of halogens is 1. The van der Waals surface area contributed by atoms with Crippen LogP contribution in [-0.2, 0) is 13.1 Å². The number of aliphatic imine (C=N–C) groups is 1. The molecule has 2 N–H and O–H groups in total. The summed E-state index contributed by atoms with van der Waals surface area (Å²) in [4.78, 5) is 9.31. The van der Waals surface area contributed by atoms with E-state index in [2.05, 4.69) is 88.1 Å². The summed E-state index contributed by atoms with van der Waals surface area (Å²) in [7, 11) is 4.03. The maximum absolute atomic E-state index is 4.46. The molecule has 0 radical (unpaired) electrons. The largest absolute Gasteiger partial charge is 0.363 e. The van der Waals surface area contributed by atoms with Crippen LogP contribution in [0.5, 0.6) is 0 Å². The Morgan fingerprint density at radius 1 is 1.17 bits per heavy atom. The van der Waals surface area contributed by atoms with Crippen molar-refractivity contribution >= 4 is 46.3 Å². The maximum atomic E-state index is 4.46. The molecule has 30 heavy (non-hydrogen) atoms. The fourth-order valence-corrected chi connectivity index (χ4v) is 4.38. The number of hydrogen-bond donors (Lipinski definition) is 2. The summed E-state index contributed by atoms with van der Waals surface area (Å²) in [6.45, 7) is 8.41. The van der Waals surface area contributed by atoms with E-state index in [1.165, 1.54) is 16.1 Å². The third-order valence-electron chi connectivity index (χ3n) is 5.74. The molecule has 1 aromatic heterocycles. The molecule has 0 unspecified atom stereocenters. The predicted octanol–water partition coefficient (Wildman–Crippen LogP) is 4.54. The molecule has 0 atom stereocenters. The molecule has 2 aromatic rings. The fourth-order valence-electron chi connectivity index (χ4n) is 3.60. The Balaban J connectivity index is 0.00000320. The first kappa shape index (κ1) is 24.9. The number of thiophene rings is 1. The number of anilines is 1. The molecule has 1 aliphatic heterocycles. The molecule has 7 heteroatoms. The van der Waals surface area contributed by atoms with Gasteiger partial charge in [0, 0.05) is 45.3 Å². The van der Waals surface area contributed by atoms with Gasteiger partial charge in [0.25, 0.3) is 0 Å². The van der Waals surface area contributed by atoms with Crippen molar-refractivity contribution in [1.29, 1.82) is 0 Å². The Morgan fingerprint density at radius 2 is 1.87 bits per heavy atom. The second kappa shape index (κ2) is 12.5. The molecule has 1 aromatic carbocycles. The number of rotatable bonds is 7. The van der Waals surface area contributed by atoms with Crippen LogP contribution in [0.4, 0.5) is 5.00 Å². The van der Waals surface area contributed by atoms with Crippen LogP contribution < -0.4 is 15.5 Å². The molecule has 3 rings (SSSR count). The molecular weight excluding hydrogens is 505 g/mol. The van der Waals surface area contributed by atoms with Gasteiger partial charge in [-0.3, -0.25) is 9.89 Å². The van der Waals surface area contributed by atoms with Gasteiger partial charge in [0.2, 0.25) is 0 Å². The highest BCUT2D eigenvalue weighted by atomic mass is 127. The lowest BCUT2D eigenvalue weighted by atomic mass is 10.1. The average molecular weight is 542 g/mol. The van der Waals surface area contributed by atoms with E-state index in [9.17, 15) is 0 Å². The molecule has 0 aliphatic carbocycles. The zero-order valence-corrected chi connectivity index (χ0v) is 21.7. The van der Waals surface area contributed by atoms with E-state index in [1.807, 2.05) is 18.4 Å². The van der Waals surface area contributed by atoms with Crippen molar-refractivity contribution in [2.75, 3.05) is 32.1 Å². The number of guanidine groups is 1. The van der Waals surface area contributed by atoms with Gasteiger partial charge in [0.05, 0.1) is 5.00 Å². The summed E-state index contributed by atoms with van der Waals surface area (Å²) >= 11 is 1.83. The quantitative estimate of drug-likeness (QED) is 0.307. The van der Waals surface area contributed by atoms with Gasteiger partial charge in [0.1, 0.15) is 0 Å². The Hall–Kier alpha value is -1.32. The minimum atomic E-state index is 0. The van der Waals surface area contributed by atoms with E-state index < -0.39 is 0 Å². The van der Waals surface area contributed by atoms with Gasteiger partial charge in [-0.1, -0.05) is 24.3 Å². The van der Waals surface area contributed by atoms with Gasteiger partial charge in [-0.2, -0.15) is 0 Å². The zero-order valence-electron chi connectivity index (χ0n) is 18.6. The van der Waals surface area contributed by atoms with Crippen molar-refractivity contribution in [1.82, 2.24) is 15.5 Å². The van der Waals surface area contributed by atoms with Crippen molar-refractivity contribution in [3.63, 3.8) is 0 Å². The van der Waals surface area contributed by atoms with Crippen molar-refractivity contribution in [3.05, 3.63) is 52.9 Å². The van der Waals surface area contributed by atoms with E-state index in [-0.39, 0.29) is 24.0 Å². The second-order valence-electron chi connectivity index (χ2n) is 8.06. The van der Waals surface area contributed by atoms with E-state index in [4.69, 9.17) is 0 Å². The smallest absolute Gasteiger partial charge is 0.191 e. The van der Waals surface area contributed by atoms with E-state index in [0.717, 1.165) is 45.0 Å². The Kier molecular flexibility index (Phi) is 10.4. The standard InChI is InChI=1S/C23H35N5S.HI/c1-18(2)27(4)17-20-9-6-5-8-19(20)16-25-23(24-3)26-21-11-13-28(14-12-21)22-10-7-15-29-22;/h5-10,15,18,21H,11-14,16-17H2,1-4H3,(H2,24,25,26);1H. The topological polar surface area (TPSA) is 42.9 Å². The Bertz CT molecular complexity index is 770. The molecule has 5 nitrogen and oxygen atoms in total. The monoisotopic (exact) mass is 541 g/mol. The van der Waals surface area contributed by atoms with Crippen LogP contribution in [0.3, 0.4) is 0 Å². The Morgan fingerprint density at radius 3 is 2.47 bits per heavy atom. The summed E-state index contributed by atoms with van der Waals surface area (Å²) in [5.74, 6) is 0.895. The van der Waals surface area contributed by atoms with Crippen LogP contribution in [0, 0.1) is 0 Å². The third-order valence-corrected chi connectivity index (χ3v) is 6.67. The molecule has 1 aliphatic rings. The van der Waals surface area contributed by atoms with Crippen molar-refractivity contribution in [3.8, 4) is 0 Å². The van der Waals surface area contributed by atoms with Crippen molar-refractivity contribution < 1.29 is 0 Å². The van der Waals surface area contributed by atoms with Gasteiger partial charge in [0.15, 0.2) is 5.96 Å². The number of nitrogens with zero attached hydrogens (tertiary/aromatic N) is 3. The van der Waals surface area contributed by atoms with Crippen LogP contribution >= 0.6 is 35.3 Å². The van der Waals surface area contributed by atoms with Gasteiger partial charge in [-0.05, 0) is 62.4 Å². The Labute approximate surface area is 203 Å². The number of nitrogens with one attached hydrogen (secondary N) is 2. The van der Waals surface area contributed by atoms with Gasteiger partial charge < -0.3 is 15.5 Å². The molecule has 0 bridgehead atoms. The molecule has 0 saturated carbocycles. The summed E-state index contributed by atoms with van der Waals surface area (Å²) in [5.41, 5.74) is 2.70. The highest BCUT2D eigenvalue weighted by Crippen LogP contribution is 2.24. The molecule has 1 saturated heterocycles. The van der Waals surface area contributed by atoms with Gasteiger partial charge in [-0.15, -0.1) is 35.3 Å². The first-order valence-corrected chi connectivity index (χ1v) is 11.5. The van der Waals surface area contributed by atoms with E-state index >= 15 is 0 Å². The molecule has 0 amide bonds. The van der Waals surface area contributed by atoms with Crippen LogP contribution in [0.1, 0.15) is 37.8 Å². The maximum Gasteiger partial charge on any atom is 0.191 e. The lowest BCUT2D eigenvalue weighted by molar-refractivity contribution is 0.265. The zero-order chi connectivity index (χ0) is 20.6. The van der Waals surface area contributed by atoms with Gasteiger partial charge >= 0.3 is 0 Å². The van der Waals surface area contributed by atoms with Crippen LogP contribution in [-0.4, -0.2) is 50.1 Å². The van der Waals surface area contributed by atoms with E-state index in [1.54, 1.807) is 0 Å². The average Bonchev–Trinajstić information content (AvgIpc) is 3.27. The highest BCUT2D eigenvalue weighted by Gasteiger charge is 2.20. The normalized spacial score (nSPS) is 15.4. The minimum Gasteiger partial charge on any atom is -0.363 e. The molecule has 166 valence electrons. The molecule has 1 fully saturated rings. The number of piperidine rings is 1. The SMILES string of the molecule is CN=C(NCc1ccccc1CN(C)C(C)C)NC1CCN(c2cccs2)CC1.I. The molecule has 0 spiro atoms. The summed E-state index contributed by atoms with van der Waals surface area (Å²) < 4.78 is 0. The van der Waals surface area contributed by atoms with Crippen molar-refractivity contribution in [2.45, 2.75) is 51.9 Å². The molecule has 2 heterocycles. The highest BCUT2D eigenvalue weighted by molar-refractivity contribution is 14.0. The second-order valence-corrected chi connectivity index (χ2v) is 8.99. The predicted molar refractivity (Wildman–Crippen MR) is 141 cm³/mol. The van der Waals surface area contributed by atoms with Crippen LogP contribution in [0.15, 0.2) is 46.8 Å². The van der Waals surface area contributed by atoms with Crippen molar-refractivity contribution in [2.24, 2.45) is 4.99 Å². The first-order chi connectivity index (χ1) is 14.1.